The van der Waals surface area contributed by atoms with E-state index in [9.17, 15) is 0 Å². The number of nitrogens with two attached hydrogens (primary N) is 1. The first-order valence-corrected chi connectivity index (χ1v) is 3.86. The van der Waals surface area contributed by atoms with Crippen molar-refractivity contribution in [2.45, 2.75) is 32.6 Å². The molecule has 1 heteroatoms. The van der Waals surface area contributed by atoms with Crippen LogP contribution in [0.3, 0.4) is 0 Å². The summed E-state index contributed by atoms with van der Waals surface area (Å²) in [5.74, 6) is 0. The summed E-state index contributed by atoms with van der Waals surface area (Å²) in [5.41, 5.74) is 6.56. The standard InChI is InChI=1S/C9H17N/c1-3-5-6-8-9(10)7-4-2/h4,8H,2-3,5-7,10H2,1H3. The first-order valence-electron chi connectivity index (χ1n) is 3.86. The highest BCUT2D eigenvalue weighted by molar-refractivity contribution is 5.00. The Bertz CT molecular complexity index is 114. The summed E-state index contributed by atoms with van der Waals surface area (Å²) in [5, 5.41) is 0. The van der Waals surface area contributed by atoms with Gasteiger partial charge in [-0.3, -0.25) is 0 Å². The third kappa shape index (κ3) is 5.42. The highest BCUT2D eigenvalue weighted by Gasteiger charge is 1.84. The molecule has 0 aliphatic heterocycles. The van der Waals surface area contributed by atoms with Crippen LogP contribution in [-0.4, -0.2) is 0 Å². The van der Waals surface area contributed by atoms with E-state index in [0.717, 1.165) is 18.5 Å². The van der Waals surface area contributed by atoms with E-state index in [-0.39, 0.29) is 0 Å². The summed E-state index contributed by atoms with van der Waals surface area (Å²) >= 11 is 0. The van der Waals surface area contributed by atoms with Crippen LogP contribution in [0, 0.1) is 0 Å². The topological polar surface area (TPSA) is 26.0 Å². The minimum Gasteiger partial charge on any atom is -0.402 e. The molecular formula is C9H17N. The van der Waals surface area contributed by atoms with E-state index in [0.29, 0.717) is 0 Å². The molecule has 0 unspecified atom stereocenters. The van der Waals surface area contributed by atoms with Crippen LogP contribution in [0.15, 0.2) is 24.4 Å². The molecule has 0 radical (unpaired) electrons. The molecule has 0 saturated carbocycles. The molecule has 0 atom stereocenters. The molecule has 0 rings (SSSR count). The molecule has 0 aromatic carbocycles. The fourth-order valence-electron chi connectivity index (χ4n) is 0.742. The number of allylic oxidation sites excluding steroid dienone is 2. The van der Waals surface area contributed by atoms with Gasteiger partial charge in [-0.1, -0.05) is 31.9 Å². The molecule has 0 aromatic rings. The van der Waals surface area contributed by atoms with Crippen molar-refractivity contribution in [1.29, 1.82) is 0 Å². The monoisotopic (exact) mass is 139 g/mol. The second kappa shape index (κ2) is 6.40. The Morgan fingerprint density at radius 3 is 2.80 bits per heavy atom. The molecule has 0 aromatic heterocycles. The minimum absolute atomic E-state index is 0.823. The minimum atomic E-state index is 0.823. The normalized spacial score (nSPS) is 11.5. The van der Waals surface area contributed by atoms with Crippen molar-refractivity contribution in [1.82, 2.24) is 0 Å². The van der Waals surface area contributed by atoms with E-state index in [1.165, 1.54) is 12.8 Å². The third-order valence-electron chi connectivity index (χ3n) is 1.34. The molecule has 0 amide bonds. The predicted octanol–water partition coefficient (Wildman–Crippen LogP) is 2.60. The van der Waals surface area contributed by atoms with E-state index in [4.69, 9.17) is 5.73 Å². The molecule has 58 valence electrons. The molecule has 0 saturated heterocycles. The maximum atomic E-state index is 5.61. The lowest BCUT2D eigenvalue weighted by Crippen LogP contribution is -1.94. The molecule has 0 aliphatic carbocycles. The highest BCUT2D eigenvalue weighted by atomic mass is 14.6. The van der Waals surface area contributed by atoms with Crippen LogP contribution in [0.1, 0.15) is 32.6 Å². The van der Waals surface area contributed by atoms with Crippen molar-refractivity contribution >= 4 is 0 Å². The van der Waals surface area contributed by atoms with Crippen LogP contribution >= 0.6 is 0 Å². The average Bonchev–Trinajstić information content (AvgIpc) is 1.89. The first-order chi connectivity index (χ1) is 4.81. The number of unbranched alkanes of at least 4 members (excludes halogenated alkanes) is 2. The van der Waals surface area contributed by atoms with Gasteiger partial charge in [0, 0.05) is 12.1 Å². The smallest absolute Gasteiger partial charge is 0.00781 e. The van der Waals surface area contributed by atoms with Gasteiger partial charge in [-0.15, -0.1) is 6.58 Å². The molecule has 0 spiro atoms. The van der Waals surface area contributed by atoms with Gasteiger partial charge < -0.3 is 5.73 Å². The maximum absolute atomic E-state index is 5.61. The van der Waals surface area contributed by atoms with Crippen LogP contribution in [-0.2, 0) is 0 Å². The summed E-state index contributed by atoms with van der Waals surface area (Å²) in [6.07, 6.45) is 8.32. The Labute approximate surface area is 63.6 Å². The average molecular weight is 139 g/mol. The van der Waals surface area contributed by atoms with E-state index in [2.05, 4.69) is 19.6 Å². The molecular weight excluding hydrogens is 122 g/mol. The first kappa shape index (κ1) is 9.28. The molecule has 0 aliphatic rings. The van der Waals surface area contributed by atoms with Gasteiger partial charge in [-0.2, -0.15) is 0 Å². The van der Waals surface area contributed by atoms with Crippen molar-refractivity contribution < 1.29 is 0 Å². The summed E-state index contributed by atoms with van der Waals surface area (Å²) in [6.45, 7) is 5.79. The molecule has 10 heavy (non-hydrogen) atoms. The zero-order valence-electron chi connectivity index (χ0n) is 6.77. The fourth-order valence-corrected chi connectivity index (χ4v) is 0.742. The Balaban J connectivity index is 3.37. The van der Waals surface area contributed by atoms with E-state index >= 15 is 0 Å². The molecule has 0 heterocycles. The number of rotatable bonds is 5. The fraction of sp³-hybridized carbons (Fsp3) is 0.556. The van der Waals surface area contributed by atoms with E-state index < -0.39 is 0 Å². The van der Waals surface area contributed by atoms with Crippen molar-refractivity contribution in [3.63, 3.8) is 0 Å². The number of hydrogen-bond donors (Lipinski definition) is 1. The van der Waals surface area contributed by atoms with Crippen LogP contribution in [0.2, 0.25) is 0 Å². The quantitative estimate of drug-likeness (QED) is 0.460. The van der Waals surface area contributed by atoms with Gasteiger partial charge >= 0.3 is 0 Å². The Morgan fingerprint density at radius 1 is 1.60 bits per heavy atom. The zero-order chi connectivity index (χ0) is 7.82. The van der Waals surface area contributed by atoms with Crippen molar-refractivity contribution in [3.05, 3.63) is 24.4 Å². The van der Waals surface area contributed by atoms with Crippen LogP contribution in [0.4, 0.5) is 0 Å². The van der Waals surface area contributed by atoms with Gasteiger partial charge in [0.1, 0.15) is 0 Å². The lowest BCUT2D eigenvalue weighted by molar-refractivity contribution is 0.808. The van der Waals surface area contributed by atoms with Gasteiger partial charge in [0.25, 0.3) is 0 Å². The van der Waals surface area contributed by atoms with Gasteiger partial charge in [0.15, 0.2) is 0 Å². The van der Waals surface area contributed by atoms with Gasteiger partial charge in [-0.05, 0) is 6.42 Å². The van der Waals surface area contributed by atoms with Gasteiger partial charge in [0.2, 0.25) is 0 Å². The highest BCUT2D eigenvalue weighted by Crippen LogP contribution is 1.99. The van der Waals surface area contributed by atoms with Crippen LogP contribution in [0.5, 0.6) is 0 Å². The van der Waals surface area contributed by atoms with Crippen LogP contribution < -0.4 is 5.73 Å². The SMILES string of the molecule is C=CCC(N)=CCCCC. The molecule has 2 N–H and O–H groups in total. The van der Waals surface area contributed by atoms with Crippen LogP contribution in [0.25, 0.3) is 0 Å². The summed E-state index contributed by atoms with van der Waals surface area (Å²) in [6, 6.07) is 0. The molecule has 0 bridgehead atoms. The lowest BCUT2D eigenvalue weighted by atomic mass is 10.2. The molecule has 1 nitrogen and oxygen atoms in total. The van der Waals surface area contributed by atoms with E-state index in [1.807, 2.05) is 6.08 Å². The largest absolute Gasteiger partial charge is 0.402 e. The molecule has 0 fully saturated rings. The number of hydrogen-bond acceptors (Lipinski definition) is 1. The van der Waals surface area contributed by atoms with Crippen molar-refractivity contribution in [2.75, 3.05) is 0 Å². The second-order valence-corrected chi connectivity index (χ2v) is 2.41. The van der Waals surface area contributed by atoms with Crippen molar-refractivity contribution in [3.8, 4) is 0 Å². The van der Waals surface area contributed by atoms with E-state index in [1.54, 1.807) is 0 Å². The van der Waals surface area contributed by atoms with Crippen molar-refractivity contribution in [2.24, 2.45) is 5.73 Å². The van der Waals surface area contributed by atoms with Gasteiger partial charge in [-0.25, -0.2) is 0 Å². The lowest BCUT2D eigenvalue weighted by Gasteiger charge is -1.94. The second-order valence-electron chi connectivity index (χ2n) is 2.41. The van der Waals surface area contributed by atoms with Gasteiger partial charge in [0.05, 0.1) is 0 Å². The third-order valence-corrected chi connectivity index (χ3v) is 1.34. The summed E-state index contributed by atoms with van der Waals surface area (Å²) in [7, 11) is 0. The summed E-state index contributed by atoms with van der Waals surface area (Å²) in [4.78, 5) is 0. The predicted molar refractivity (Wildman–Crippen MR) is 46.6 cm³/mol. The Morgan fingerprint density at radius 2 is 2.30 bits per heavy atom. The maximum Gasteiger partial charge on any atom is 0.00781 e. The Kier molecular flexibility index (Phi) is 5.94. The Hall–Kier alpha value is -0.720. The summed E-state index contributed by atoms with van der Waals surface area (Å²) < 4.78 is 0. The zero-order valence-corrected chi connectivity index (χ0v) is 6.77.